The Bertz CT molecular complexity index is 574. The Morgan fingerprint density at radius 3 is 2.42 bits per heavy atom. The second-order valence-corrected chi connectivity index (χ2v) is 5.29. The molecule has 0 saturated carbocycles. The molecule has 0 aliphatic rings. The van der Waals surface area contributed by atoms with Crippen LogP contribution < -0.4 is 5.32 Å². The molecule has 2 rings (SSSR count). The molecule has 1 heterocycles. The third-order valence-electron chi connectivity index (χ3n) is 3.54. The molecule has 0 aliphatic heterocycles. The zero-order chi connectivity index (χ0) is 14.0. The van der Waals surface area contributed by atoms with E-state index in [1.807, 2.05) is 19.1 Å². The van der Waals surface area contributed by atoms with E-state index in [-0.39, 0.29) is 6.04 Å². The van der Waals surface area contributed by atoms with Crippen molar-refractivity contribution in [2.24, 2.45) is 0 Å². The summed E-state index contributed by atoms with van der Waals surface area (Å²) in [5.41, 5.74) is 4.72. The molecule has 0 bridgehead atoms. The van der Waals surface area contributed by atoms with Crippen LogP contribution in [-0.2, 0) is 0 Å². The highest BCUT2D eigenvalue weighted by Gasteiger charge is 2.20. The number of hydrogen-bond donors (Lipinski definition) is 1. The molecule has 0 spiro atoms. The lowest BCUT2D eigenvalue weighted by Crippen LogP contribution is -2.22. The monoisotopic (exact) mass is 277 g/mol. The van der Waals surface area contributed by atoms with Gasteiger partial charge in [0.1, 0.15) is 5.76 Å². The van der Waals surface area contributed by atoms with E-state index in [0.717, 1.165) is 28.5 Å². The number of aryl methyl sites for hydroxylation is 3. The maximum Gasteiger partial charge on any atom is 0.105 e. The summed E-state index contributed by atoms with van der Waals surface area (Å²) in [7, 11) is 0. The molecule has 0 amide bonds. The summed E-state index contributed by atoms with van der Waals surface area (Å²) >= 11 is 6.43. The summed E-state index contributed by atoms with van der Waals surface area (Å²) < 4.78 is 5.42. The summed E-state index contributed by atoms with van der Waals surface area (Å²) in [6.07, 6.45) is 1.73. The largest absolute Gasteiger partial charge is 0.469 e. The van der Waals surface area contributed by atoms with Gasteiger partial charge in [-0.05, 0) is 56.1 Å². The van der Waals surface area contributed by atoms with Crippen molar-refractivity contribution in [3.8, 4) is 0 Å². The third kappa shape index (κ3) is 2.85. The van der Waals surface area contributed by atoms with Crippen molar-refractivity contribution >= 4 is 11.6 Å². The molecule has 19 heavy (non-hydrogen) atoms. The highest BCUT2D eigenvalue weighted by Crippen LogP contribution is 2.32. The number of halogens is 1. The van der Waals surface area contributed by atoms with Gasteiger partial charge in [-0.2, -0.15) is 0 Å². The molecule has 0 fully saturated rings. The number of furan rings is 1. The van der Waals surface area contributed by atoms with Crippen molar-refractivity contribution < 1.29 is 4.42 Å². The maximum absolute atomic E-state index is 6.43. The van der Waals surface area contributed by atoms with E-state index in [0.29, 0.717) is 0 Å². The summed E-state index contributed by atoms with van der Waals surface area (Å²) in [4.78, 5) is 0. The molecule has 1 N–H and O–H groups in total. The first-order valence-corrected chi connectivity index (χ1v) is 6.96. The van der Waals surface area contributed by atoms with Crippen molar-refractivity contribution in [1.82, 2.24) is 5.32 Å². The number of rotatable bonds is 4. The van der Waals surface area contributed by atoms with Crippen molar-refractivity contribution in [2.75, 3.05) is 6.54 Å². The molecule has 2 nitrogen and oxygen atoms in total. The van der Waals surface area contributed by atoms with Gasteiger partial charge < -0.3 is 9.73 Å². The highest BCUT2D eigenvalue weighted by molar-refractivity contribution is 6.31. The first-order chi connectivity index (χ1) is 9.04. The quantitative estimate of drug-likeness (QED) is 0.886. The van der Waals surface area contributed by atoms with Gasteiger partial charge in [-0.15, -0.1) is 0 Å². The molecule has 102 valence electrons. The number of nitrogens with one attached hydrogen (secondary N) is 1. The van der Waals surface area contributed by atoms with Crippen LogP contribution in [0.25, 0.3) is 0 Å². The normalized spacial score (nSPS) is 12.7. The van der Waals surface area contributed by atoms with Gasteiger partial charge in [0.25, 0.3) is 0 Å². The Labute approximate surface area is 119 Å². The Morgan fingerprint density at radius 1 is 1.16 bits per heavy atom. The molecular formula is C16H20ClNO. The first-order valence-electron chi connectivity index (χ1n) is 6.58. The lowest BCUT2D eigenvalue weighted by molar-refractivity contribution is 0.520. The van der Waals surface area contributed by atoms with E-state index in [1.165, 1.54) is 11.1 Å². The van der Waals surface area contributed by atoms with Gasteiger partial charge >= 0.3 is 0 Å². The number of hydrogen-bond acceptors (Lipinski definition) is 2. The minimum atomic E-state index is 0.0792. The highest BCUT2D eigenvalue weighted by atomic mass is 35.5. The van der Waals surface area contributed by atoms with E-state index in [1.54, 1.807) is 6.26 Å². The van der Waals surface area contributed by atoms with Crippen LogP contribution in [-0.4, -0.2) is 6.54 Å². The molecule has 1 unspecified atom stereocenters. The van der Waals surface area contributed by atoms with Gasteiger partial charge in [-0.3, -0.25) is 0 Å². The molecule has 3 heteroatoms. The summed E-state index contributed by atoms with van der Waals surface area (Å²) in [6.45, 7) is 9.14. The van der Waals surface area contributed by atoms with Crippen LogP contribution >= 0.6 is 11.6 Å². The van der Waals surface area contributed by atoms with Gasteiger partial charge in [-0.1, -0.05) is 24.6 Å². The zero-order valence-electron chi connectivity index (χ0n) is 11.9. The molecule has 0 aliphatic carbocycles. The van der Waals surface area contributed by atoms with Crippen LogP contribution in [0.3, 0.4) is 0 Å². The van der Waals surface area contributed by atoms with Gasteiger partial charge in [0, 0.05) is 10.6 Å². The average Bonchev–Trinajstić information content (AvgIpc) is 2.77. The van der Waals surface area contributed by atoms with Gasteiger partial charge in [-0.25, -0.2) is 0 Å². The second kappa shape index (κ2) is 5.81. The van der Waals surface area contributed by atoms with Crippen molar-refractivity contribution in [1.29, 1.82) is 0 Å². The summed E-state index contributed by atoms with van der Waals surface area (Å²) in [6, 6.07) is 6.29. The SMILES string of the molecule is CCNC(c1cc(C)c(C)cc1Cl)c1ccoc1C. The van der Waals surface area contributed by atoms with E-state index >= 15 is 0 Å². The lowest BCUT2D eigenvalue weighted by Gasteiger charge is -2.20. The molecule has 2 aromatic rings. The summed E-state index contributed by atoms with van der Waals surface area (Å²) in [5.74, 6) is 0.931. The predicted octanol–water partition coefficient (Wildman–Crippen LogP) is 4.56. The minimum Gasteiger partial charge on any atom is -0.469 e. The van der Waals surface area contributed by atoms with Crippen LogP contribution in [0.15, 0.2) is 28.9 Å². The van der Waals surface area contributed by atoms with E-state index in [9.17, 15) is 0 Å². The maximum atomic E-state index is 6.43. The lowest BCUT2D eigenvalue weighted by atomic mass is 9.95. The standard InChI is InChI=1S/C16H20ClNO/c1-5-18-16(13-6-7-19-12(13)4)14-8-10(2)11(3)9-15(14)17/h6-9,16,18H,5H2,1-4H3. The molecule has 1 aromatic carbocycles. The van der Waals surface area contributed by atoms with E-state index in [2.05, 4.69) is 32.2 Å². The zero-order valence-corrected chi connectivity index (χ0v) is 12.6. The van der Waals surface area contributed by atoms with E-state index < -0.39 is 0 Å². The second-order valence-electron chi connectivity index (χ2n) is 4.88. The molecule has 0 saturated heterocycles. The third-order valence-corrected chi connectivity index (χ3v) is 3.87. The fourth-order valence-corrected chi connectivity index (χ4v) is 2.64. The van der Waals surface area contributed by atoms with Crippen molar-refractivity contribution in [3.63, 3.8) is 0 Å². The van der Waals surface area contributed by atoms with Crippen LogP contribution in [0.5, 0.6) is 0 Å². The van der Waals surface area contributed by atoms with Crippen molar-refractivity contribution in [3.05, 3.63) is 57.5 Å². The van der Waals surface area contributed by atoms with Crippen LogP contribution in [0.2, 0.25) is 5.02 Å². The predicted molar refractivity (Wildman–Crippen MR) is 79.9 cm³/mol. The van der Waals surface area contributed by atoms with Crippen LogP contribution in [0, 0.1) is 20.8 Å². The van der Waals surface area contributed by atoms with Crippen molar-refractivity contribution in [2.45, 2.75) is 33.7 Å². The first kappa shape index (κ1) is 14.2. The Kier molecular flexibility index (Phi) is 4.33. The fraction of sp³-hybridized carbons (Fsp3) is 0.375. The Balaban J connectivity index is 2.51. The number of benzene rings is 1. The Hall–Kier alpha value is -1.25. The summed E-state index contributed by atoms with van der Waals surface area (Å²) in [5, 5.41) is 4.29. The smallest absolute Gasteiger partial charge is 0.105 e. The van der Waals surface area contributed by atoms with Gasteiger partial charge in [0.2, 0.25) is 0 Å². The molecule has 1 atom stereocenters. The van der Waals surface area contributed by atoms with Crippen LogP contribution in [0.1, 0.15) is 41.0 Å². The Morgan fingerprint density at radius 2 is 1.84 bits per heavy atom. The minimum absolute atomic E-state index is 0.0792. The molecular weight excluding hydrogens is 258 g/mol. The van der Waals surface area contributed by atoms with Crippen LogP contribution in [0.4, 0.5) is 0 Å². The van der Waals surface area contributed by atoms with Gasteiger partial charge in [0.15, 0.2) is 0 Å². The molecule has 0 radical (unpaired) electrons. The average molecular weight is 278 g/mol. The fourth-order valence-electron chi connectivity index (χ4n) is 2.31. The van der Waals surface area contributed by atoms with E-state index in [4.69, 9.17) is 16.0 Å². The topological polar surface area (TPSA) is 25.2 Å². The van der Waals surface area contributed by atoms with Gasteiger partial charge in [0.05, 0.1) is 12.3 Å². The molecule has 1 aromatic heterocycles.